The van der Waals surface area contributed by atoms with Gasteiger partial charge in [0.15, 0.2) is 0 Å². The van der Waals surface area contributed by atoms with Crippen molar-refractivity contribution in [1.29, 1.82) is 0 Å². The number of carbonyl (C=O) groups is 1. The van der Waals surface area contributed by atoms with Gasteiger partial charge < -0.3 is 0 Å². The van der Waals surface area contributed by atoms with E-state index in [0.29, 0.717) is 18.3 Å². The molecule has 0 heterocycles. The third-order valence-corrected chi connectivity index (χ3v) is 2.71. The molecule has 0 bridgehead atoms. The van der Waals surface area contributed by atoms with Crippen LogP contribution in [0.5, 0.6) is 0 Å². The van der Waals surface area contributed by atoms with Crippen LogP contribution in [0.2, 0.25) is 0 Å². The van der Waals surface area contributed by atoms with Crippen LogP contribution in [0.1, 0.15) is 20.3 Å². The normalized spacial score (nSPS) is 17.6. The van der Waals surface area contributed by atoms with Crippen LogP contribution in [0.4, 0.5) is 13.2 Å². The fourth-order valence-electron chi connectivity index (χ4n) is 1.31. The minimum absolute atomic E-state index is 0.164. The van der Waals surface area contributed by atoms with Crippen molar-refractivity contribution in [3.63, 3.8) is 0 Å². The second-order valence-electron chi connectivity index (χ2n) is 4.21. The number of hydrogen-bond acceptors (Lipinski definition) is 1. The van der Waals surface area contributed by atoms with Crippen molar-refractivity contribution in [1.82, 2.24) is 0 Å². The second-order valence-corrected chi connectivity index (χ2v) is 4.21. The molecular formula is C12H13F3O. The molecule has 0 aromatic rings. The maximum absolute atomic E-state index is 12.8. The first kappa shape index (κ1) is 12.7. The standard InChI is InChI=1S/C12H13F3O/c1-11(2,12(13,14)15)10-5-3-4-9(8-16)6-7-10/h3,5-8H,4H2,1-2H3. The van der Waals surface area contributed by atoms with E-state index in [2.05, 4.69) is 0 Å². The molecule has 1 rings (SSSR count). The molecule has 0 saturated heterocycles. The Kier molecular flexibility index (Phi) is 3.41. The van der Waals surface area contributed by atoms with Crippen LogP contribution in [0, 0.1) is 5.41 Å². The van der Waals surface area contributed by atoms with Gasteiger partial charge in [0.05, 0.1) is 5.41 Å². The molecule has 0 N–H and O–H groups in total. The molecule has 1 aliphatic carbocycles. The van der Waals surface area contributed by atoms with Crippen LogP contribution in [0.25, 0.3) is 0 Å². The van der Waals surface area contributed by atoms with Crippen molar-refractivity contribution in [2.75, 3.05) is 0 Å². The molecule has 0 spiro atoms. The molecule has 0 aliphatic heterocycles. The average molecular weight is 230 g/mol. The molecule has 0 radical (unpaired) electrons. The van der Waals surface area contributed by atoms with Gasteiger partial charge in [-0.1, -0.05) is 24.3 Å². The lowest BCUT2D eigenvalue weighted by molar-refractivity contribution is -0.196. The SMILES string of the molecule is CC(C)(C1=CC=C(C=O)CC=C1)C(F)(F)F. The minimum Gasteiger partial charge on any atom is -0.298 e. The first-order valence-corrected chi connectivity index (χ1v) is 4.89. The molecule has 16 heavy (non-hydrogen) atoms. The topological polar surface area (TPSA) is 17.1 Å². The minimum atomic E-state index is -4.30. The molecule has 1 nitrogen and oxygen atoms in total. The monoisotopic (exact) mass is 230 g/mol. The van der Waals surface area contributed by atoms with E-state index >= 15 is 0 Å². The Morgan fingerprint density at radius 3 is 2.38 bits per heavy atom. The van der Waals surface area contributed by atoms with E-state index in [0.717, 1.165) is 13.8 Å². The van der Waals surface area contributed by atoms with E-state index in [9.17, 15) is 18.0 Å². The Labute approximate surface area is 92.3 Å². The number of allylic oxidation sites excluding steroid dienone is 6. The summed E-state index contributed by atoms with van der Waals surface area (Å²) < 4.78 is 38.3. The lowest BCUT2D eigenvalue weighted by Crippen LogP contribution is -2.33. The number of carbonyl (C=O) groups excluding carboxylic acids is 1. The first-order valence-electron chi connectivity index (χ1n) is 4.89. The number of halogens is 3. The van der Waals surface area contributed by atoms with Crippen LogP contribution in [0.3, 0.4) is 0 Å². The van der Waals surface area contributed by atoms with Crippen LogP contribution < -0.4 is 0 Å². The molecule has 1 aliphatic rings. The maximum atomic E-state index is 12.8. The predicted octanol–water partition coefficient (Wildman–Crippen LogP) is 3.59. The summed E-state index contributed by atoms with van der Waals surface area (Å²) in [6, 6.07) is 0. The van der Waals surface area contributed by atoms with Crippen molar-refractivity contribution >= 4 is 6.29 Å². The maximum Gasteiger partial charge on any atom is 0.397 e. The summed E-state index contributed by atoms with van der Waals surface area (Å²) in [5, 5.41) is 0. The molecule has 0 fully saturated rings. The summed E-state index contributed by atoms with van der Waals surface area (Å²) in [6.45, 7) is 2.26. The molecule has 88 valence electrons. The Morgan fingerprint density at radius 1 is 1.25 bits per heavy atom. The van der Waals surface area contributed by atoms with E-state index in [1.165, 1.54) is 18.2 Å². The van der Waals surface area contributed by atoms with E-state index in [4.69, 9.17) is 0 Å². The third kappa shape index (κ3) is 2.43. The highest BCUT2D eigenvalue weighted by Gasteiger charge is 2.48. The summed E-state index contributed by atoms with van der Waals surface area (Å²) in [7, 11) is 0. The summed E-state index contributed by atoms with van der Waals surface area (Å²) in [5.74, 6) is 0. The Bertz CT molecular complexity index is 370. The van der Waals surface area contributed by atoms with Crippen LogP contribution in [-0.2, 0) is 4.79 Å². The number of hydrogen-bond donors (Lipinski definition) is 0. The fourth-order valence-corrected chi connectivity index (χ4v) is 1.31. The van der Waals surface area contributed by atoms with Gasteiger partial charge in [0.25, 0.3) is 0 Å². The summed E-state index contributed by atoms with van der Waals surface area (Å²) in [6.07, 6.45) is 2.54. The number of rotatable bonds is 2. The van der Waals surface area contributed by atoms with Crippen molar-refractivity contribution in [2.45, 2.75) is 26.4 Å². The Hall–Kier alpha value is -1.32. The highest BCUT2D eigenvalue weighted by molar-refractivity contribution is 5.74. The van der Waals surface area contributed by atoms with Gasteiger partial charge in [-0.3, -0.25) is 4.79 Å². The van der Waals surface area contributed by atoms with Gasteiger partial charge in [-0.05, 0) is 31.4 Å². The van der Waals surface area contributed by atoms with Gasteiger partial charge in [-0.15, -0.1) is 0 Å². The Balaban J connectivity index is 3.10. The lowest BCUT2D eigenvalue weighted by atomic mass is 9.83. The summed E-state index contributed by atoms with van der Waals surface area (Å²) >= 11 is 0. The van der Waals surface area contributed by atoms with Gasteiger partial charge in [0.1, 0.15) is 6.29 Å². The molecule has 0 saturated carbocycles. The Morgan fingerprint density at radius 2 is 1.88 bits per heavy atom. The van der Waals surface area contributed by atoms with Gasteiger partial charge >= 0.3 is 6.18 Å². The first-order chi connectivity index (χ1) is 7.29. The quantitative estimate of drug-likeness (QED) is 0.662. The van der Waals surface area contributed by atoms with Gasteiger partial charge in [-0.25, -0.2) is 0 Å². The second kappa shape index (κ2) is 4.28. The molecular weight excluding hydrogens is 217 g/mol. The van der Waals surface area contributed by atoms with Crippen LogP contribution in [-0.4, -0.2) is 12.5 Å². The summed E-state index contributed by atoms with van der Waals surface area (Å²) in [4.78, 5) is 10.5. The van der Waals surface area contributed by atoms with Crippen molar-refractivity contribution in [3.05, 3.63) is 35.5 Å². The zero-order valence-corrected chi connectivity index (χ0v) is 9.14. The van der Waals surface area contributed by atoms with Crippen molar-refractivity contribution < 1.29 is 18.0 Å². The third-order valence-electron chi connectivity index (χ3n) is 2.71. The number of aldehydes is 1. The highest BCUT2D eigenvalue weighted by Crippen LogP contribution is 2.44. The molecule has 0 atom stereocenters. The zero-order valence-electron chi connectivity index (χ0n) is 9.14. The van der Waals surface area contributed by atoms with Crippen molar-refractivity contribution in [3.8, 4) is 0 Å². The molecule has 4 heteroatoms. The molecule has 0 aromatic carbocycles. The van der Waals surface area contributed by atoms with Crippen molar-refractivity contribution in [2.24, 2.45) is 5.41 Å². The van der Waals surface area contributed by atoms with Crippen LogP contribution >= 0.6 is 0 Å². The smallest absolute Gasteiger partial charge is 0.298 e. The van der Waals surface area contributed by atoms with Gasteiger partial charge in [0.2, 0.25) is 0 Å². The fraction of sp³-hybridized carbons (Fsp3) is 0.417. The summed E-state index contributed by atoms with van der Waals surface area (Å²) in [5.41, 5.74) is -1.26. The van der Waals surface area contributed by atoms with E-state index in [1.54, 1.807) is 6.08 Å². The number of alkyl halides is 3. The van der Waals surface area contributed by atoms with E-state index in [1.807, 2.05) is 0 Å². The largest absolute Gasteiger partial charge is 0.397 e. The average Bonchev–Trinajstić information content (AvgIpc) is 2.40. The molecule has 0 aromatic heterocycles. The highest BCUT2D eigenvalue weighted by atomic mass is 19.4. The zero-order chi connectivity index (χ0) is 12.4. The van der Waals surface area contributed by atoms with E-state index in [-0.39, 0.29) is 5.57 Å². The molecule has 0 unspecified atom stereocenters. The molecule has 0 amide bonds. The van der Waals surface area contributed by atoms with Crippen LogP contribution in [0.15, 0.2) is 35.5 Å². The van der Waals surface area contributed by atoms with E-state index < -0.39 is 11.6 Å². The lowest BCUT2D eigenvalue weighted by Gasteiger charge is -2.28. The predicted molar refractivity (Wildman–Crippen MR) is 55.8 cm³/mol. The van der Waals surface area contributed by atoms with Gasteiger partial charge in [-0.2, -0.15) is 13.2 Å². The van der Waals surface area contributed by atoms with Gasteiger partial charge in [0, 0.05) is 0 Å².